The van der Waals surface area contributed by atoms with Crippen molar-refractivity contribution in [3.8, 4) is 12.1 Å². The van der Waals surface area contributed by atoms with Gasteiger partial charge in [0.25, 0.3) is 6.43 Å². The molecule has 1 rings (SSSR count). The third kappa shape index (κ3) is 2.13. The smallest absolute Gasteiger partial charge is 0.265 e. The molecule has 0 aliphatic rings. The molecule has 0 aliphatic carbocycles. The first-order chi connectivity index (χ1) is 7.65. The Kier molecular flexibility index (Phi) is 3.87. The summed E-state index contributed by atoms with van der Waals surface area (Å²) < 4.78 is 25.6. The minimum Gasteiger partial charge on any atom is -0.325 e. The van der Waals surface area contributed by atoms with Crippen molar-refractivity contribution in [3.05, 3.63) is 28.6 Å². The predicted octanol–water partition coefficient (Wildman–Crippen LogP) is 1.42. The first kappa shape index (κ1) is 12.0. The molecule has 0 unspecified atom stereocenters. The maximum atomic E-state index is 12.8. The Labute approximate surface area is 90.9 Å². The Morgan fingerprint density at radius 3 is 2.56 bits per heavy atom. The van der Waals surface area contributed by atoms with Crippen LogP contribution >= 0.6 is 0 Å². The van der Waals surface area contributed by atoms with E-state index >= 15 is 0 Å². The van der Waals surface area contributed by atoms with Crippen LogP contribution in [0.25, 0.3) is 0 Å². The third-order valence-corrected chi connectivity index (χ3v) is 2.10. The van der Waals surface area contributed by atoms with Gasteiger partial charge in [-0.05, 0) is 5.56 Å². The van der Waals surface area contributed by atoms with Crippen LogP contribution in [0.3, 0.4) is 0 Å². The first-order valence-corrected chi connectivity index (χ1v) is 4.41. The number of pyridine rings is 1. The zero-order valence-electron chi connectivity index (χ0n) is 8.24. The molecule has 0 saturated carbocycles. The Hall–Kier alpha value is -2.05. The van der Waals surface area contributed by atoms with E-state index in [1.54, 1.807) is 12.1 Å². The molecule has 82 valence electrons. The average molecular weight is 222 g/mol. The first-order valence-electron chi connectivity index (χ1n) is 4.41. The second-order valence-corrected chi connectivity index (χ2v) is 2.96. The zero-order valence-corrected chi connectivity index (χ0v) is 8.24. The Morgan fingerprint density at radius 1 is 1.44 bits per heavy atom. The van der Waals surface area contributed by atoms with E-state index in [0.29, 0.717) is 0 Å². The molecule has 1 aromatic rings. The highest BCUT2D eigenvalue weighted by Crippen LogP contribution is 2.28. The Balaban J connectivity index is 3.49. The van der Waals surface area contributed by atoms with Crippen LogP contribution in [-0.4, -0.2) is 4.98 Å². The maximum Gasteiger partial charge on any atom is 0.265 e. The summed E-state index contributed by atoms with van der Waals surface area (Å²) in [6.45, 7) is -0.0392. The minimum atomic E-state index is -2.81. The summed E-state index contributed by atoms with van der Waals surface area (Å²) >= 11 is 0. The van der Waals surface area contributed by atoms with E-state index in [9.17, 15) is 8.78 Å². The largest absolute Gasteiger partial charge is 0.325 e. The van der Waals surface area contributed by atoms with Gasteiger partial charge in [0.05, 0.1) is 23.7 Å². The van der Waals surface area contributed by atoms with Gasteiger partial charge in [-0.25, -0.2) is 8.78 Å². The fourth-order valence-electron chi connectivity index (χ4n) is 1.40. The lowest BCUT2D eigenvalue weighted by molar-refractivity contribution is 0.150. The molecule has 4 nitrogen and oxygen atoms in total. The number of rotatable bonds is 3. The predicted molar refractivity (Wildman–Crippen MR) is 51.1 cm³/mol. The van der Waals surface area contributed by atoms with E-state index in [1.807, 2.05) is 0 Å². The van der Waals surface area contributed by atoms with Crippen molar-refractivity contribution < 1.29 is 8.78 Å². The number of nitriles is 2. The topological polar surface area (TPSA) is 86.5 Å². The van der Waals surface area contributed by atoms with Gasteiger partial charge in [-0.2, -0.15) is 10.5 Å². The Bertz CT molecular complexity index is 471. The lowest BCUT2D eigenvalue weighted by Crippen LogP contribution is -2.09. The van der Waals surface area contributed by atoms with Gasteiger partial charge in [0, 0.05) is 18.3 Å². The summed E-state index contributed by atoms with van der Waals surface area (Å²) in [4.78, 5) is 3.80. The lowest BCUT2D eigenvalue weighted by Gasteiger charge is -2.11. The lowest BCUT2D eigenvalue weighted by atomic mass is 9.99. The highest BCUT2D eigenvalue weighted by Gasteiger charge is 2.21. The molecule has 0 aromatic carbocycles. The van der Waals surface area contributed by atoms with E-state index < -0.39 is 12.0 Å². The van der Waals surface area contributed by atoms with Crippen LogP contribution in [0, 0.1) is 22.7 Å². The number of hydrogen-bond acceptors (Lipinski definition) is 4. The minimum absolute atomic E-state index is 0.0392. The molecule has 0 saturated heterocycles. The summed E-state index contributed by atoms with van der Waals surface area (Å²) in [5, 5.41) is 17.2. The van der Waals surface area contributed by atoms with Crippen LogP contribution in [0.5, 0.6) is 0 Å². The molecule has 6 heteroatoms. The SMILES string of the molecule is N#CCc1c(CN)ncc(C#N)c1C(F)F. The molecule has 2 N–H and O–H groups in total. The molecule has 0 fully saturated rings. The van der Waals surface area contributed by atoms with Gasteiger partial charge < -0.3 is 5.73 Å². The number of nitrogens with zero attached hydrogens (tertiary/aromatic N) is 3. The van der Waals surface area contributed by atoms with Gasteiger partial charge in [-0.1, -0.05) is 0 Å². The molecule has 0 atom stereocenters. The van der Waals surface area contributed by atoms with Crippen molar-refractivity contribution in [2.75, 3.05) is 0 Å². The van der Waals surface area contributed by atoms with E-state index in [-0.39, 0.29) is 29.8 Å². The quantitative estimate of drug-likeness (QED) is 0.837. The average Bonchev–Trinajstić information content (AvgIpc) is 2.28. The molecule has 16 heavy (non-hydrogen) atoms. The van der Waals surface area contributed by atoms with Crippen molar-refractivity contribution in [2.45, 2.75) is 19.4 Å². The van der Waals surface area contributed by atoms with Crippen LogP contribution in [0.1, 0.15) is 28.8 Å². The number of halogens is 2. The monoisotopic (exact) mass is 222 g/mol. The number of nitrogens with two attached hydrogens (primary N) is 1. The summed E-state index contributed by atoms with van der Waals surface area (Å²) in [5.41, 5.74) is 5.00. The molecule has 0 bridgehead atoms. The number of aromatic nitrogens is 1. The van der Waals surface area contributed by atoms with Gasteiger partial charge in [0.15, 0.2) is 0 Å². The molecule has 1 heterocycles. The molecule has 0 amide bonds. The second kappa shape index (κ2) is 5.15. The van der Waals surface area contributed by atoms with Crippen molar-refractivity contribution >= 4 is 0 Å². The Morgan fingerprint density at radius 2 is 2.12 bits per heavy atom. The van der Waals surface area contributed by atoms with Crippen molar-refractivity contribution in [1.82, 2.24) is 4.98 Å². The van der Waals surface area contributed by atoms with E-state index in [2.05, 4.69) is 4.98 Å². The standard InChI is InChI=1S/C10H8F2N4/c11-10(12)9-6(3-14)5-16-8(4-15)7(9)1-2-13/h5,10H,1,4,15H2. The van der Waals surface area contributed by atoms with Crippen LogP contribution in [0.2, 0.25) is 0 Å². The van der Waals surface area contributed by atoms with E-state index in [1.165, 1.54) is 0 Å². The molecule has 0 aliphatic heterocycles. The summed E-state index contributed by atoms with van der Waals surface area (Å²) in [6.07, 6.45) is -1.98. The highest BCUT2D eigenvalue weighted by atomic mass is 19.3. The third-order valence-electron chi connectivity index (χ3n) is 2.10. The fraction of sp³-hybridized carbons (Fsp3) is 0.300. The van der Waals surface area contributed by atoms with Crippen LogP contribution in [0.4, 0.5) is 8.78 Å². The number of hydrogen-bond donors (Lipinski definition) is 1. The molecule has 0 radical (unpaired) electrons. The van der Waals surface area contributed by atoms with Crippen LogP contribution in [-0.2, 0) is 13.0 Å². The van der Waals surface area contributed by atoms with Crippen LogP contribution < -0.4 is 5.73 Å². The van der Waals surface area contributed by atoms with Gasteiger partial charge >= 0.3 is 0 Å². The summed E-state index contributed by atoms with van der Waals surface area (Å²) in [6, 6.07) is 3.40. The van der Waals surface area contributed by atoms with Crippen LogP contribution in [0.15, 0.2) is 6.20 Å². The van der Waals surface area contributed by atoms with Gasteiger partial charge in [0.2, 0.25) is 0 Å². The van der Waals surface area contributed by atoms with Gasteiger partial charge in [-0.3, -0.25) is 4.98 Å². The molecule has 1 aromatic heterocycles. The zero-order chi connectivity index (χ0) is 12.1. The molecular weight excluding hydrogens is 214 g/mol. The number of alkyl halides is 2. The fourth-order valence-corrected chi connectivity index (χ4v) is 1.40. The van der Waals surface area contributed by atoms with E-state index in [4.69, 9.17) is 16.3 Å². The summed E-state index contributed by atoms with van der Waals surface area (Å²) in [5.74, 6) is 0. The van der Waals surface area contributed by atoms with Gasteiger partial charge in [0.1, 0.15) is 6.07 Å². The van der Waals surface area contributed by atoms with E-state index in [0.717, 1.165) is 6.20 Å². The van der Waals surface area contributed by atoms with Gasteiger partial charge in [-0.15, -0.1) is 0 Å². The normalized spacial score (nSPS) is 9.88. The maximum absolute atomic E-state index is 12.8. The molecular formula is C10H8F2N4. The highest BCUT2D eigenvalue weighted by molar-refractivity contribution is 5.45. The van der Waals surface area contributed by atoms with Crippen molar-refractivity contribution in [1.29, 1.82) is 10.5 Å². The second-order valence-electron chi connectivity index (χ2n) is 2.96. The van der Waals surface area contributed by atoms with Crippen molar-refractivity contribution in [3.63, 3.8) is 0 Å². The van der Waals surface area contributed by atoms with Crippen molar-refractivity contribution in [2.24, 2.45) is 5.73 Å². The molecule has 0 spiro atoms. The summed E-state index contributed by atoms with van der Waals surface area (Å²) in [7, 11) is 0.